The van der Waals surface area contributed by atoms with Crippen molar-refractivity contribution in [2.75, 3.05) is 0 Å². The largest absolute Gasteiger partial charge is 0.256 e. The molecule has 3 aromatic carbocycles. The number of fused-ring (bicyclic) bond motifs is 1. The van der Waals surface area contributed by atoms with Gasteiger partial charge in [0, 0.05) is 16.5 Å². The van der Waals surface area contributed by atoms with E-state index in [2.05, 4.69) is 87.2 Å². The van der Waals surface area contributed by atoms with Crippen LogP contribution in [0.3, 0.4) is 0 Å². The number of benzene rings is 3. The standard InChI is InChI=1S/C21H23NSSi/c1-16-8-5-9-17(14-16)15-22-19-12-6-10-18-11-7-13-20(21(18)19)23-24(2,3)4/h5-15H,1-4H3. The van der Waals surface area contributed by atoms with Gasteiger partial charge in [-0.1, -0.05) is 73.7 Å². The molecule has 3 rings (SSSR count). The third-order valence-corrected chi connectivity index (χ3v) is 7.32. The first-order valence-electron chi connectivity index (χ1n) is 8.24. The van der Waals surface area contributed by atoms with Gasteiger partial charge in [0.25, 0.3) is 0 Å². The van der Waals surface area contributed by atoms with Gasteiger partial charge in [-0.2, -0.15) is 11.2 Å². The average molecular weight is 350 g/mol. The molecule has 0 spiro atoms. The van der Waals surface area contributed by atoms with Crippen molar-refractivity contribution in [3.8, 4) is 0 Å². The quantitative estimate of drug-likeness (QED) is 0.371. The highest BCUT2D eigenvalue weighted by Gasteiger charge is 2.17. The van der Waals surface area contributed by atoms with Crippen molar-refractivity contribution in [2.24, 2.45) is 4.99 Å². The molecule has 3 heteroatoms. The molecule has 0 saturated heterocycles. The van der Waals surface area contributed by atoms with E-state index in [9.17, 15) is 0 Å². The zero-order valence-corrected chi connectivity index (χ0v) is 16.5. The first-order chi connectivity index (χ1) is 11.4. The summed E-state index contributed by atoms with van der Waals surface area (Å²) >= 11 is 2.03. The third-order valence-electron chi connectivity index (χ3n) is 3.66. The lowest BCUT2D eigenvalue weighted by atomic mass is 10.1. The van der Waals surface area contributed by atoms with Crippen molar-refractivity contribution in [3.05, 3.63) is 71.8 Å². The maximum Gasteiger partial charge on any atom is 0.114 e. The van der Waals surface area contributed by atoms with E-state index in [1.165, 1.54) is 21.2 Å². The maximum absolute atomic E-state index is 4.81. The normalized spacial score (nSPS) is 12.2. The van der Waals surface area contributed by atoms with Gasteiger partial charge in [-0.15, -0.1) is 0 Å². The van der Waals surface area contributed by atoms with Crippen LogP contribution in [0.1, 0.15) is 11.1 Å². The smallest absolute Gasteiger partial charge is 0.114 e. The van der Waals surface area contributed by atoms with Crippen LogP contribution in [0.25, 0.3) is 10.8 Å². The Bertz CT molecular complexity index is 888. The molecular formula is C21H23NSSi. The second-order valence-corrected chi connectivity index (χ2v) is 16.2. The van der Waals surface area contributed by atoms with Crippen molar-refractivity contribution < 1.29 is 0 Å². The first kappa shape index (κ1) is 17.0. The van der Waals surface area contributed by atoms with Crippen LogP contribution in [0.15, 0.2) is 70.6 Å². The Balaban J connectivity index is 2.07. The van der Waals surface area contributed by atoms with Crippen LogP contribution in [-0.4, -0.2) is 13.4 Å². The summed E-state index contributed by atoms with van der Waals surface area (Å²) in [6, 6.07) is 21.4. The molecule has 0 aliphatic carbocycles. The highest BCUT2D eigenvalue weighted by Crippen LogP contribution is 2.38. The van der Waals surface area contributed by atoms with Crippen LogP contribution in [0.4, 0.5) is 5.69 Å². The van der Waals surface area contributed by atoms with Crippen molar-refractivity contribution in [1.82, 2.24) is 0 Å². The van der Waals surface area contributed by atoms with E-state index < -0.39 is 7.22 Å². The molecule has 0 fully saturated rings. The van der Waals surface area contributed by atoms with Gasteiger partial charge in [0.05, 0.1) is 5.69 Å². The van der Waals surface area contributed by atoms with Crippen LogP contribution < -0.4 is 0 Å². The predicted octanol–water partition coefficient (Wildman–Crippen LogP) is 6.83. The number of aliphatic imine (C=N–C) groups is 1. The first-order valence-corrected chi connectivity index (χ1v) is 13.3. The lowest BCUT2D eigenvalue weighted by molar-refractivity contribution is 1.45. The van der Waals surface area contributed by atoms with E-state index in [0.717, 1.165) is 11.3 Å². The van der Waals surface area contributed by atoms with Gasteiger partial charge in [0.1, 0.15) is 7.22 Å². The third kappa shape index (κ3) is 4.16. The SMILES string of the molecule is Cc1cccc(C=Nc2cccc3cccc(S[Si](C)(C)C)c23)c1. The summed E-state index contributed by atoms with van der Waals surface area (Å²) < 4.78 is 0. The summed E-state index contributed by atoms with van der Waals surface area (Å²) in [4.78, 5) is 6.16. The van der Waals surface area contributed by atoms with Gasteiger partial charge < -0.3 is 0 Å². The minimum Gasteiger partial charge on any atom is -0.256 e. The van der Waals surface area contributed by atoms with E-state index in [4.69, 9.17) is 4.99 Å². The Labute approximate surface area is 149 Å². The lowest BCUT2D eigenvalue weighted by Crippen LogP contribution is -2.13. The maximum atomic E-state index is 4.81. The molecule has 0 amide bonds. The van der Waals surface area contributed by atoms with Crippen LogP contribution >= 0.6 is 11.2 Å². The molecule has 3 aromatic rings. The molecule has 24 heavy (non-hydrogen) atoms. The number of hydrogen-bond acceptors (Lipinski definition) is 2. The van der Waals surface area contributed by atoms with Crippen molar-refractivity contribution in [2.45, 2.75) is 31.5 Å². The predicted molar refractivity (Wildman–Crippen MR) is 112 cm³/mol. The molecule has 0 aliphatic rings. The molecule has 122 valence electrons. The monoisotopic (exact) mass is 349 g/mol. The van der Waals surface area contributed by atoms with Gasteiger partial charge in [0.15, 0.2) is 0 Å². The van der Waals surface area contributed by atoms with Gasteiger partial charge in [0.2, 0.25) is 0 Å². The summed E-state index contributed by atoms with van der Waals surface area (Å²) in [7, 11) is -1.27. The number of rotatable bonds is 4. The highest BCUT2D eigenvalue weighted by molar-refractivity contribution is 8.28. The molecule has 0 bridgehead atoms. The second-order valence-electron chi connectivity index (χ2n) is 7.02. The fourth-order valence-corrected chi connectivity index (χ4v) is 6.32. The zero-order chi connectivity index (χ0) is 17.2. The molecule has 0 aliphatic heterocycles. The Morgan fingerprint density at radius 2 is 1.62 bits per heavy atom. The molecule has 0 radical (unpaired) electrons. The van der Waals surface area contributed by atoms with Crippen LogP contribution in [0.2, 0.25) is 19.6 Å². The number of aryl methyl sites for hydroxylation is 1. The van der Waals surface area contributed by atoms with E-state index in [1.54, 1.807) is 0 Å². The van der Waals surface area contributed by atoms with Gasteiger partial charge in [-0.05, 0) is 30.0 Å². The van der Waals surface area contributed by atoms with Crippen molar-refractivity contribution >= 4 is 41.1 Å². The lowest BCUT2D eigenvalue weighted by Gasteiger charge is -2.17. The topological polar surface area (TPSA) is 12.4 Å². The molecule has 0 heterocycles. The molecule has 0 saturated carbocycles. The van der Waals surface area contributed by atoms with E-state index >= 15 is 0 Å². The molecule has 0 N–H and O–H groups in total. The summed E-state index contributed by atoms with van der Waals surface area (Å²) in [5.74, 6) is 0. The fourth-order valence-electron chi connectivity index (χ4n) is 2.70. The van der Waals surface area contributed by atoms with Gasteiger partial charge >= 0.3 is 0 Å². The Hall–Kier alpha value is -1.84. The molecule has 0 unspecified atom stereocenters. The van der Waals surface area contributed by atoms with Crippen LogP contribution in [0.5, 0.6) is 0 Å². The Kier molecular flexibility index (Phi) is 4.92. The minimum absolute atomic E-state index is 1.05. The van der Waals surface area contributed by atoms with Crippen LogP contribution in [-0.2, 0) is 0 Å². The molecule has 1 nitrogen and oxygen atoms in total. The van der Waals surface area contributed by atoms with Gasteiger partial charge in [-0.25, -0.2) is 0 Å². The zero-order valence-electron chi connectivity index (χ0n) is 14.7. The molecule has 0 atom stereocenters. The Morgan fingerprint density at radius 1 is 0.917 bits per heavy atom. The molecular weight excluding hydrogens is 326 g/mol. The second kappa shape index (κ2) is 6.95. The van der Waals surface area contributed by atoms with E-state index in [1.807, 2.05) is 17.4 Å². The van der Waals surface area contributed by atoms with Crippen LogP contribution in [0, 0.1) is 6.92 Å². The molecule has 0 aromatic heterocycles. The summed E-state index contributed by atoms with van der Waals surface area (Å²) in [5, 5.41) is 2.54. The summed E-state index contributed by atoms with van der Waals surface area (Å²) in [6.45, 7) is 9.26. The van der Waals surface area contributed by atoms with E-state index in [-0.39, 0.29) is 0 Å². The Morgan fingerprint density at radius 3 is 2.33 bits per heavy atom. The van der Waals surface area contributed by atoms with Crippen molar-refractivity contribution in [3.63, 3.8) is 0 Å². The van der Waals surface area contributed by atoms with Crippen molar-refractivity contribution in [1.29, 1.82) is 0 Å². The average Bonchev–Trinajstić information content (AvgIpc) is 2.51. The van der Waals surface area contributed by atoms with E-state index in [0.29, 0.717) is 0 Å². The highest BCUT2D eigenvalue weighted by atomic mass is 32.4. The number of nitrogens with zero attached hydrogens (tertiary/aromatic N) is 1. The summed E-state index contributed by atoms with van der Waals surface area (Å²) in [6.07, 6.45) is 1.97. The minimum atomic E-state index is -1.27. The number of hydrogen-bond donors (Lipinski definition) is 0. The fraction of sp³-hybridized carbons (Fsp3) is 0.190. The van der Waals surface area contributed by atoms with Gasteiger partial charge in [-0.3, -0.25) is 4.99 Å². The summed E-state index contributed by atoms with van der Waals surface area (Å²) in [5.41, 5.74) is 3.45.